The number of carbonyl (C=O) groups excluding carboxylic acids is 1. The lowest BCUT2D eigenvalue weighted by Gasteiger charge is -2.12. The molecule has 6 nitrogen and oxygen atoms in total. The van der Waals surface area contributed by atoms with Gasteiger partial charge in [-0.3, -0.25) is 4.79 Å². The van der Waals surface area contributed by atoms with Crippen molar-refractivity contribution in [3.63, 3.8) is 0 Å². The van der Waals surface area contributed by atoms with Crippen LogP contribution in [-0.2, 0) is 0 Å². The van der Waals surface area contributed by atoms with Gasteiger partial charge in [-0.15, -0.1) is 0 Å². The third-order valence-corrected chi connectivity index (χ3v) is 4.21. The lowest BCUT2D eigenvalue weighted by Crippen LogP contribution is -2.19. The third-order valence-electron chi connectivity index (χ3n) is 4.21. The summed E-state index contributed by atoms with van der Waals surface area (Å²) in [5.74, 6) is 1.16. The van der Waals surface area contributed by atoms with Crippen LogP contribution in [-0.4, -0.2) is 42.5 Å². The summed E-state index contributed by atoms with van der Waals surface area (Å²) in [5, 5.41) is 16.8. The first-order valence-corrected chi connectivity index (χ1v) is 7.70. The van der Waals surface area contributed by atoms with Crippen molar-refractivity contribution in [3.8, 4) is 6.19 Å². The van der Waals surface area contributed by atoms with E-state index in [0.717, 1.165) is 42.6 Å². The molecule has 1 aromatic heterocycles. The second-order valence-corrected chi connectivity index (χ2v) is 5.79. The van der Waals surface area contributed by atoms with E-state index in [1.54, 1.807) is 18.0 Å². The molecule has 2 N–H and O–H groups in total. The van der Waals surface area contributed by atoms with Gasteiger partial charge in [0.1, 0.15) is 5.82 Å². The molecule has 6 heteroatoms. The highest BCUT2D eigenvalue weighted by molar-refractivity contribution is 5.98. The third kappa shape index (κ3) is 3.34. The van der Waals surface area contributed by atoms with Crippen LogP contribution < -0.4 is 10.6 Å². The van der Waals surface area contributed by atoms with Gasteiger partial charge in [-0.2, -0.15) is 5.26 Å². The summed E-state index contributed by atoms with van der Waals surface area (Å²) in [6, 6.07) is 7.52. The molecule has 1 aliphatic rings. The Kier molecular flexibility index (Phi) is 4.29. The van der Waals surface area contributed by atoms with Crippen LogP contribution in [0.15, 0.2) is 30.5 Å². The normalized spacial score (nSPS) is 17.0. The SMILES string of the molecule is CNC(=O)c1ccc2cnc(NCC3CCN(C#N)C3)cc2c1. The van der Waals surface area contributed by atoms with Crippen LogP contribution in [0.2, 0.25) is 0 Å². The first-order valence-electron chi connectivity index (χ1n) is 7.70. The Bertz CT molecular complexity index is 767. The molecule has 1 aliphatic heterocycles. The number of hydrogen-bond donors (Lipinski definition) is 2. The summed E-state index contributed by atoms with van der Waals surface area (Å²) in [5.41, 5.74) is 0.637. The summed E-state index contributed by atoms with van der Waals surface area (Å²) < 4.78 is 0. The summed E-state index contributed by atoms with van der Waals surface area (Å²) in [7, 11) is 1.62. The van der Waals surface area contributed by atoms with Gasteiger partial charge < -0.3 is 15.5 Å². The van der Waals surface area contributed by atoms with Crippen molar-refractivity contribution in [3.05, 3.63) is 36.0 Å². The van der Waals surface area contributed by atoms with Crippen molar-refractivity contribution >= 4 is 22.5 Å². The van der Waals surface area contributed by atoms with Gasteiger partial charge in [0.25, 0.3) is 5.91 Å². The second-order valence-electron chi connectivity index (χ2n) is 5.79. The highest BCUT2D eigenvalue weighted by atomic mass is 16.1. The molecule has 3 rings (SSSR count). The number of nitrogens with one attached hydrogen (secondary N) is 2. The maximum absolute atomic E-state index is 11.7. The van der Waals surface area contributed by atoms with Gasteiger partial charge in [0.2, 0.25) is 0 Å². The number of pyridine rings is 1. The molecule has 0 spiro atoms. The second kappa shape index (κ2) is 6.53. The molecule has 1 unspecified atom stereocenters. The van der Waals surface area contributed by atoms with Gasteiger partial charge in [-0.25, -0.2) is 4.98 Å². The number of benzene rings is 1. The van der Waals surface area contributed by atoms with Crippen LogP contribution in [0.5, 0.6) is 0 Å². The number of aromatic nitrogens is 1. The predicted octanol–water partition coefficient (Wildman–Crippen LogP) is 1.81. The largest absolute Gasteiger partial charge is 0.370 e. The highest BCUT2D eigenvalue weighted by Crippen LogP contribution is 2.20. The smallest absolute Gasteiger partial charge is 0.251 e. The van der Waals surface area contributed by atoms with E-state index in [-0.39, 0.29) is 5.91 Å². The molecule has 118 valence electrons. The number of nitriles is 1. The van der Waals surface area contributed by atoms with E-state index in [0.29, 0.717) is 11.5 Å². The minimum Gasteiger partial charge on any atom is -0.370 e. The highest BCUT2D eigenvalue weighted by Gasteiger charge is 2.21. The van der Waals surface area contributed by atoms with Crippen molar-refractivity contribution in [1.82, 2.24) is 15.2 Å². The van der Waals surface area contributed by atoms with Crippen molar-refractivity contribution in [2.75, 3.05) is 32.0 Å². The molecule has 0 aliphatic carbocycles. The van der Waals surface area contributed by atoms with Gasteiger partial charge in [-0.05, 0) is 35.9 Å². The average molecular weight is 309 g/mol. The van der Waals surface area contributed by atoms with Crippen LogP contribution >= 0.6 is 0 Å². The average Bonchev–Trinajstić information content (AvgIpc) is 3.06. The number of likely N-dealkylation sites (tertiary alicyclic amines) is 1. The topological polar surface area (TPSA) is 81.1 Å². The molecule has 0 saturated carbocycles. The number of hydrogen-bond acceptors (Lipinski definition) is 5. The summed E-state index contributed by atoms with van der Waals surface area (Å²) in [6.45, 7) is 2.44. The molecular formula is C17H19N5O. The Balaban J connectivity index is 1.72. The van der Waals surface area contributed by atoms with Crippen molar-refractivity contribution in [2.45, 2.75) is 6.42 Å². The zero-order chi connectivity index (χ0) is 16.2. The van der Waals surface area contributed by atoms with E-state index in [1.165, 1.54) is 0 Å². The molecule has 1 fully saturated rings. The van der Waals surface area contributed by atoms with Crippen LogP contribution in [0, 0.1) is 17.4 Å². The molecule has 0 bridgehead atoms. The number of carbonyl (C=O) groups is 1. The Morgan fingerprint density at radius 1 is 1.43 bits per heavy atom. The number of fused-ring (bicyclic) bond motifs is 1. The zero-order valence-electron chi connectivity index (χ0n) is 13.0. The molecular weight excluding hydrogens is 290 g/mol. The van der Waals surface area contributed by atoms with E-state index >= 15 is 0 Å². The molecule has 2 aromatic rings. The Morgan fingerprint density at radius 3 is 3.04 bits per heavy atom. The Labute approximate surface area is 135 Å². The van der Waals surface area contributed by atoms with Crippen LogP contribution in [0.1, 0.15) is 16.8 Å². The molecule has 1 aromatic carbocycles. The van der Waals surface area contributed by atoms with Crippen molar-refractivity contribution in [2.24, 2.45) is 5.92 Å². The maximum atomic E-state index is 11.7. The molecule has 1 amide bonds. The maximum Gasteiger partial charge on any atom is 0.251 e. The van der Waals surface area contributed by atoms with Gasteiger partial charge in [0, 0.05) is 43.8 Å². The van der Waals surface area contributed by atoms with Crippen LogP contribution in [0.3, 0.4) is 0 Å². The van der Waals surface area contributed by atoms with Crippen molar-refractivity contribution < 1.29 is 4.79 Å². The van der Waals surface area contributed by atoms with E-state index in [2.05, 4.69) is 21.8 Å². The first-order chi connectivity index (χ1) is 11.2. The standard InChI is InChI=1S/C17H19N5O/c1-19-17(23)13-2-3-14-9-21-16(7-15(14)6-13)20-8-12-4-5-22(10-12)11-18/h2-3,6-7,9,12H,4-5,8,10H2,1H3,(H,19,23)(H,20,21). The minimum absolute atomic E-state index is 0.0965. The van der Waals surface area contributed by atoms with Gasteiger partial charge >= 0.3 is 0 Å². The number of nitrogens with zero attached hydrogens (tertiary/aromatic N) is 3. The van der Waals surface area contributed by atoms with Gasteiger partial charge in [0.05, 0.1) is 0 Å². The monoisotopic (exact) mass is 309 g/mol. The van der Waals surface area contributed by atoms with Crippen LogP contribution in [0.25, 0.3) is 10.8 Å². The minimum atomic E-state index is -0.0965. The zero-order valence-corrected chi connectivity index (χ0v) is 13.0. The fourth-order valence-electron chi connectivity index (χ4n) is 2.86. The summed E-state index contributed by atoms with van der Waals surface area (Å²) in [4.78, 5) is 17.9. The lowest BCUT2D eigenvalue weighted by molar-refractivity contribution is 0.0963. The molecule has 23 heavy (non-hydrogen) atoms. The molecule has 1 saturated heterocycles. The quantitative estimate of drug-likeness (QED) is 0.842. The van der Waals surface area contributed by atoms with Crippen molar-refractivity contribution in [1.29, 1.82) is 5.26 Å². The Hall–Kier alpha value is -2.81. The summed E-state index contributed by atoms with van der Waals surface area (Å²) in [6.07, 6.45) is 5.02. The first kappa shape index (κ1) is 15.1. The molecule has 2 heterocycles. The van der Waals surface area contributed by atoms with Gasteiger partial charge in [0.15, 0.2) is 6.19 Å². The van der Waals surface area contributed by atoms with E-state index in [4.69, 9.17) is 5.26 Å². The Morgan fingerprint density at radius 2 is 2.30 bits per heavy atom. The fraction of sp³-hybridized carbons (Fsp3) is 0.353. The van der Waals surface area contributed by atoms with E-state index in [1.807, 2.05) is 24.4 Å². The van der Waals surface area contributed by atoms with E-state index in [9.17, 15) is 4.79 Å². The van der Waals surface area contributed by atoms with Gasteiger partial charge in [-0.1, -0.05) is 6.07 Å². The number of rotatable bonds is 4. The predicted molar refractivity (Wildman–Crippen MR) is 88.9 cm³/mol. The number of anilines is 1. The number of amides is 1. The molecule has 0 radical (unpaired) electrons. The fourth-order valence-corrected chi connectivity index (χ4v) is 2.86. The van der Waals surface area contributed by atoms with E-state index < -0.39 is 0 Å². The summed E-state index contributed by atoms with van der Waals surface area (Å²) >= 11 is 0. The molecule has 1 atom stereocenters. The van der Waals surface area contributed by atoms with Crippen LogP contribution in [0.4, 0.5) is 5.82 Å². The lowest BCUT2D eigenvalue weighted by atomic mass is 10.1.